The van der Waals surface area contributed by atoms with Crippen molar-refractivity contribution in [3.63, 3.8) is 0 Å². The Morgan fingerprint density at radius 2 is 1.90 bits per heavy atom. The smallest absolute Gasteiger partial charge is 0.356 e. The molecule has 152 valence electrons. The van der Waals surface area contributed by atoms with Crippen LogP contribution in [0, 0.1) is 0 Å². The average molecular weight is 396 g/mol. The van der Waals surface area contributed by atoms with E-state index < -0.39 is 12.1 Å². The molecule has 1 N–H and O–H groups in total. The second-order valence-corrected chi connectivity index (χ2v) is 7.31. The summed E-state index contributed by atoms with van der Waals surface area (Å²) in [6.45, 7) is 0. The molecule has 2 aromatic heterocycles. The maximum atomic E-state index is 13.0. The molecule has 7 nitrogen and oxygen atoms in total. The number of hydrogen-bond donors (Lipinski definition) is 1. The van der Waals surface area contributed by atoms with E-state index in [4.69, 9.17) is 13.9 Å². The molecular weight excluding hydrogens is 372 g/mol. The number of hydrogen-bond acceptors (Lipinski definition) is 5. The molecule has 1 aliphatic carbocycles. The van der Waals surface area contributed by atoms with E-state index in [-0.39, 0.29) is 11.9 Å². The molecule has 1 saturated carbocycles. The molecule has 1 aromatic carbocycles. The maximum Gasteiger partial charge on any atom is 0.356 e. The number of amides is 1. The van der Waals surface area contributed by atoms with Crippen LogP contribution in [-0.4, -0.2) is 29.6 Å². The van der Waals surface area contributed by atoms with Crippen LogP contribution in [0.5, 0.6) is 5.75 Å². The molecule has 7 heteroatoms. The van der Waals surface area contributed by atoms with Gasteiger partial charge in [0, 0.05) is 30.8 Å². The number of methoxy groups -OCH3 is 1. The molecule has 1 aliphatic rings. The molecule has 1 amide bonds. The molecule has 2 heterocycles. The highest BCUT2D eigenvalue weighted by atomic mass is 16.5. The lowest BCUT2D eigenvalue weighted by Crippen LogP contribution is -2.38. The third kappa shape index (κ3) is 3.85. The van der Waals surface area contributed by atoms with Crippen LogP contribution in [0.25, 0.3) is 11.1 Å². The second-order valence-electron chi connectivity index (χ2n) is 7.31. The van der Waals surface area contributed by atoms with Crippen LogP contribution in [-0.2, 0) is 16.6 Å². The van der Waals surface area contributed by atoms with Gasteiger partial charge >= 0.3 is 5.97 Å². The zero-order chi connectivity index (χ0) is 20.4. The fourth-order valence-electron chi connectivity index (χ4n) is 3.81. The predicted molar refractivity (Wildman–Crippen MR) is 107 cm³/mol. The first-order chi connectivity index (χ1) is 14.1. The van der Waals surface area contributed by atoms with Gasteiger partial charge in [-0.05, 0) is 25.0 Å². The summed E-state index contributed by atoms with van der Waals surface area (Å²) in [4.78, 5) is 25.9. The highest BCUT2D eigenvalue weighted by Gasteiger charge is 2.30. The third-order valence-corrected chi connectivity index (χ3v) is 5.46. The molecule has 0 saturated heterocycles. The number of carbonyl (C=O) groups excluding carboxylic acids is 2. The predicted octanol–water partition coefficient (Wildman–Crippen LogP) is 3.74. The van der Waals surface area contributed by atoms with E-state index in [0.717, 1.165) is 31.2 Å². The van der Waals surface area contributed by atoms with E-state index in [9.17, 15) is 9.59 Å². The van der Waals surface area contributed by atoms with Crippen LogP contribution in [0.15, 0.2) is 47.1 Å². The first-order valence-electron chi connectivity index (χ1n) is 9.75. The Morgan fingerprint density at radius 3 is 2.55 bits per heavy atom. The molecular formula is C22H24N2O5. The molecule has 1 fully saturated rings. The van der Waals surface area contributed by atoms with E-state index in [0.29, 0.717) is 22.6 Å². The number of ether oxygens (including phenoxy) is 2. The summed E-state index contributed by atoms with van der Waals surface area (Å²) < 4.78 is 17.9. The topological polar surface area (TPSA) is 82.7 Å². The van der Waals surface area contributed by atoms with Crippen LogP contribution in [0.1, 0.15) is 47.8 Å². The number of esters is 1. The summed E-state index contributed by atoms with van der Waals surface area (Å²) in [6, 6.07) is 10.5. The molecule has 1 atom stereocenters. The molecule has 29 heavy (non-hydrogen) atoms. The Hall–Kier alpha value is -3.22. The van der Waals surface area contributed by atoms with E-state index >= 15 is 0 Å². The minimum atomic E-state index is -1.05. The van der Waals surface area contributed by atoms with Gasteiger partial charge in [0.2, 0.25) is 6.10 Å². The van der Waals surface area contributed by atoms with Crippen LogP contribution in [0.4, 0.5) is 0 Å². The third-order valence-electron chi connectivity index (χ3n) is 5.46. The summed E-state index contributed by atoms with van der Waals surface area (Å²) in [7, 11) is 3.33. The fourth-order valence-corrected chi connectivity index (χ4v) is 3.81. The summed E-state index contributed by atoms with van der Waals surface area (Å²) in [5, 5.41) is 3.03. The van der Waals surface area contributed by atoms with Gasteiger partial charge < -0.3 is 23.8 Å². The molecule has 3 aromatic rings. The highest BCUT2D eigenvalue weighted by molar-refractivity contribution is 5.95. The summed E-state index contributed by atoms with van der Waals surface area (Å²) >= 11 is 0. The van der Waals surface area contributed by atoms with E-state index in [2.05, 4.69) is 5.32 Å². The maximum absolute atomic E-state index is 13.0. The first kappa shape index (κ1) is 19.1. The lowest BCUT2D eigenvalue weighted by molar-refractivity contribution is -0.131. The van der Waals surface area contributed by atoms with E-state index in [1.165, 1.54) is 0 Å². The largest absolute Gasteiger partial charge is 0.497 e. The van der Waals surface area contributed by atoms with Gasteiger partial charge in [0.05, 0.1) is 18.9 Å². The molecule has 0 radical (unpaired) electrons. The SMILES string of the molecule is COc1ccc(C(OC(=O)c2cc3occc3n2C)C(=O)NC2CCCC2)cc1. The average Bonchev–Trinajstić information content (AvgIpc) is 3.46. The highest BCUT2D eigenvalue weighted by Crippen LogP contribution is 2.26. The zero-order valence-electron chi connectivity index (χ0n) is 16.5. The monoisotopic (exact) mass is 396 g/mol. The van der Waals surface area contributed by atoms with Crippen molar-refractivity contribution in [3.05, 3.63) is 53.9 Å². The number of aryl methyl sites for hydroxylation is 1. The number of furan rings is 1. The summed E-state index contributed by atoms with van der Waals surface area (Å²) in [5.41, 5.74) is 2.29. The molecule has 1 unspecified atom stereocenters. The van der Waals surface area contributed by atoms with Crippen LogP contribution in [0.2, 0.25) is 0 Å². The normalized spacial score (nSPS) is 15.4. The molecule has 0 bridgehead atoms. The number of fused-ring (bicyclic) bond motifs is 1. The first-order valence-corrected chi connectivity index (χ1v) is 9.75. The summed E-state index contributed by atoms with van der Waals surface area (Å²) in [5.74, 6) is -0.229. The zero-order valence-corrected chi connectivity index (χ0v) is 16.5. The lowest BCUT2D eigenvalue weighted by atomic mass is 10.1. The van der Waals surface area contributed by atoms with Gasteiger partial charge in [-0.25, -0.2) is 4.79 Å². The van der Waals surface area contributed by atoms with Crippen molar-refractivity contribution in [2.24, 2.45) is 7.05 Å². The van der Waals surface area contributed by atoms with Crippen molar-refractivity contribution >= 4 is 23.0 Å². The summed E-state index contributed by atoms with van der Waals surface area (Å²) in [6.07, 6.45) is 4.61. The van der Waals surface area contributed by atoms with Crippen molar-refractivity contribution in [2.45, 2.75) is 37.8 Å². The van der Waals surface area contributed by atoms with E-state index in [1.54, 1.807) is 61.4 Å². The van der Waals surface area contributed by atoms with Gasteiger partial charge in [0.15, 0.2) is 5.58 Å². The van der Waals surface area contributed by atoms with E-state index in [1.807, 2.05) is 0 Å². The van der Waals surface area contributed by atoms with Gasteiger partial charge in [-0.3, -0.25) is 4.79 Å². The van der Waals surface area contributed by atoms with Gasteiger partial charge in [-0.15, -0.1) is 0 Å². The van der Waals surface area contributed by atoms with Gasteiger partial charge in [0.25, 0.3) is 5.91 Å². The fraction of sp³-hybridized carbons (Fsp3) is 0.364. The van der Waals surface area contributed by atoms with Crippen molar-refractivity contribution < 1.29 is 23.5 Å². The van der Waals surface area contributed by atoms with Crippen molar-refractivity contribution in [3.8, 4) is 5.75 Å². The molecule has 0 aliphatic heterocycles. The van der Waals surface area contributed by atoms with Crippen LogP contribution in [0.3, 0.4) is 0 Å². The Morgan fingerprint density at radius 1 is 1.17 bits per heavy atom. The number of rotatable bonds is 6. The Labute approximate surface area is 168 Å². The van der Waals surface area contributed by atoms with Gasteiger partial charge in [0.1, 0.15) is 11.4 Å². The quantitative estimate of drug-likeness (QED) is 0.642. The Bertz CT molecular complexity index is 1010. The second kappa shape index (κ2) is 8.03. The number of nitrogens with one attached hydrogen (secondary N) is 1. The molecule has 4 rings (SSSR count). The standard InChI is InChI=1S/C22H24N2O5/c1-24-17-11-12-28-19(17)13-18(24)22(26)29-20(14-7-9-16(27-2)10-8-14)21(25)23-15-5-3-4-6-15/h7-13,15,20H,3-6H2,1-2H3,(H,23,25). The van der Waals surface area contributed by atoms with Crippen molar-refractivity contribution in [2.75, 3.05) is 7.11 Å². The number of aromatic nitrogens is 1. The Balaban J connectivity index is 1.59. The molecule has 0 spiro atoms. The van der Waals surface area contributed by atoms with Crippen LogP contribution < -0.4 is 10.1 Å². The van der Waals surface area contributed by atoms with Crippen LogP contribution >= 0.6 is 0 Å². The number of nitrogens with zero attached hydrogens (tertiary/aromatic N) is 1. The van der Waals surface area contributed by atoms with Gasteiger partial charge in [-0.1, -0.05) is 25.0 Å². The van der Waals surface area contributed by atoms with Crippen molar-refractivity contribution in [1.29, 1.82) is 0 Å². The Kier molecular flexibility index (Phi) is 5.29. The minimum absolute atomic E-state index is 0.124. The minimum Gasteiger partial charge on any atom is -0.497 e. The lowest BCUT2D eigenvalue weighted by Gasteiger charge is -2.21. The van der Waals surface area contributed by atoms with Crippen molar-refractivity contribution in [1.82, 2.24) is 9.88 Å². The number of benzene rings is 1. The van der Waals surface area contributed by atoms with Gasteiger partial charge in [-0.2, -0.15) is 0 Å². The number of carbonyl (C=O) groups is 2.